The summed E-state index contributed by atoms with van der Waals surface area (Å²) in [6.07, 6.45) is 6.80. The SMILES string of the molecule is CCCCc1cn(C2CCN(S(=O)(=O)c3sccc3C)CC2)nn1. The lowest BCUT2D eigenvalue weighted by atomic mass is 10.1. The van der Waals surface area contributed by atoms with Crippen LogP contribution in [0.3, 0.4) is 0 Å². The number of unbranched alkanes of at least 4 members (excludes halogenated alkanes) is 1. The molecule has 0 radical (unpaired) electrons. The van der Waals surface area contributed by atoms with E-state index in [1.807, 2.05) is 29.2 Å². The zero-order valence-electron chi connectivity index (χ0n) is 14.2. The molecular weight excluding hydrogens is 344 g/mol. The van der Waals surface area contributed by atoms with Gasteiger partial charge in [0.05, 0.1) is 11.7 Å². The van der Waals surface area contributed by atoms with Crippen molar-refractivity contribution in [2.75, 3.05) is 13.1 Å². The third-order valence-electron chi connectivity index (χ3n) is 4.53. The molecular formula is C16H24N4O2S2. The number of aryl methyl sites for hydroxylation is 2. The fraction of sp³-hybridized carbons (Fsp3) is 0.625. The molecule has 1 aliphatic rings. The molecule has 0 aliphatic carbocycles. The van der Waals surface area contributed by atoms with Crippen molar-refractivity contribution < 1.29 is 8.42 Å². The summed E-state index contributed by atoms with van der Waals surface area (Å²) in [5, 5.41) is 10.3. The van der Waals surface area contributed by atoms with Gasteiger partial charge in [0.1, 0.15) is 4.21 Å². The van der Waals surface area contributed by atoms with E-state index in [9.17, 15) is 8.42 Å². The molecule has 2 aromatic rings. The van der Waals surface area contributed by atoms with E-state index in [0.29, 0.717) is 17.3 Å². The number of nitrogens with zero attached hydrogens (tertiary/aromatic N) is 4. The molecule has 1 saturated heterocycles. The summed E-state index contributed by atoms with van der Waals surface area (Å²) in [7, 11) is -3.36. The van der Waals surface area contributed by atoms with Crippen LogP contribution in [-0.4, -0.2) is 40.8 Å². The van der Waals surface area contributed by atoms with Gasteiger partial charge in [-0.3, -0.25) is 0 Å². The molecule has 0 spiro atoms. The maximum Gasteiger partial charge on any atom is 0.252 e. The van der Waals surface area contributed by atoms with Crippen LogP contribution in [-0.2, 0) is 16.4 Å². The second-order valence-corrected chi connectivity index (χ2v) is 9.37. The fourth-order valence-corrected chi connectivity index (χ4v) is 6.07. The Morgan fingerprint density at radius 1 is 1.33 bits per heavy atom. The summed E-state index contributed by atoms with van der Waals surface area (Å²) in [5.74, 6) is 0. The molecule has 132 valence electrons. The molecule has 1 aliphatic heterocycles. The van der Waals surface area contributed by atoms with Crippen molar-refractivity contribution in [1.29, 1.82) is 0 Å². The summed E-state index contributed by atoms with van der Waals surface area (Å²) in [4.78, 5) is 0. The van der Waals surface area contributed by atoms with Crippen LogP contribution in [0.2, 0.25) is 0 Å². The number of rotatable bonds is 6. The molecule has 3 rings (SSSR count). The van der Waals surface area contributed by atoms with Gasteiger partial charge in [-0.05, 0) is 49.6 Å². The van der Waals surface area contributed by atoms with Crippen molar-refractivity contribution in [3.63, 3.8) is 0 Å². The van der Waals surface area contributed by atoms with Gasteiger partial charge >= 0.3 is 0 Å². The van der Waals surface area contributed by atoms with Crippen LogP contribution in [0.25, 0.3) is 0 Å². The van der Waals surface area contributed by atoms with Crippen LogP contribution in [0.1, 0.15) is 49.9 Å². The highest BCUT2D eigenvalue weighted by atomic mass is 32.2. The fourth-order valence-electron chi connectivity index (χ4n) is 3.05. The van der Waals surface area contributed by atoms with Crippen LogP contribution in [0.4, 0.5) is 0 Å². The van der Waals surface area contributed by atoms with Gasteiger partial charge in [-0.25, -0.2) is 13.1 Å². The van der Waals surface area contributed by atoms with E-state index in [1.165, 1.54) is 11.3 Å². The molecule has 0 saturated carbocycles. The van der Waals surface area contributed by atoms with Crippen LogP contribution >= 0.6 is 11.3 Å². The van der Waals surface area contributed by atoms with E-state index in [-0.39, 0.29) is 6.04 Å². The Kier molecular flexibility index (Phi) is 5.36. The minimum Gasteiger partial charge on any atom is -0.249 e. The molecule has 0 bridgehead atoms. The Labute approximate surface area is 147 Å². The lowest BCUT2D eigenvalue weighted by Gasteiger charge is -2.30. The molecule has 3 heterocycles. The summed E-state index contributed by atoms with van der Waals surface area (Å²) in [5.41, 5.74) is 1.86. The number of hydrogen-bond donors (Lipinski definition) is 0. The van der Waals surface area contributed by atoms with Crippen molar-refractivity contribution in [2.24, 2.45) is 0 Å². The van der Waals surface area contributed by atoms with Crippen LogP contribution in [0, 0.1) is 6.92 Å². The maximum atomic E-state index is 12.7. The van der Waals surface area contributed by atoms with Crippen molar-refractivity contribution >= 4 is 21.4 Å². The van der Waals surface area contributed by atoms with Gasteiger partial charge < -0.3 is 0 Å². The molecule has 2 aromatic heterocycles. The predicted octanol–water partition coefficient (Wildman–Crippen LogP) is 3.02. The topological polar surface area (TPSA) is 68.1 Å². The summed E-state index contributed by atoms with van der Waals surface area (Å²) in [6.45, 7) is 5.09. The smallest absolute Gasteiger partial charge is 0.249 e. The zero-order valence-corrected chi connectivity index (χ0v) is 15.8. The first-order valence-corrected chi connectivity index (χ1v) is 10.8. The lowest BCUT2D eigenvalue weighted by Crippen LogP contribution is -2.39. The minimum absolute atomic E-state index is 0.240. The molecule has 0 aromatic carbocycles. The maximum absolute atomic E-state index is 12.7. The Morgan fingerprint density at radius 2 is 2.08 bits per heavy atom. The Bertz CT molecular complexity index is 774. The molecule has 6 nitrogen and oxygen atoms in total. The van der Waals surface area contributed by atoms with E-state index in [1.54, 1.807) is 4.31 Å². The second-order valence-electron chi connectivity index (χ2n) is 6.32. The highest BCUT2D eigenvalue weighted by Gasteiger charge is 2.32. The molecule has 0 N–H and O–H groups in total. The van der Waals surface area contributed by atoms with E-state index in [2.05, 4.69) is 17.2 Å². The number of aromatic nitrogens is 3. The average Bonchev–Trinajstić information content (AvgIpc) is 3.22. The minimum atomic E-state index is -3.36. The standard InChI is InChI=1S/C16H24N4O2S2/c1-3-4-5-14-12-20(18-17-14)15-6-9-19(10-7-15)24(21,22)16-13(2)8-11-23-16/h8,11-12,15H,3-7,9-10H2,1-2H3. The zero-order chi connectivity index (χ0) is 17.2. The molecule has 0 amide bonds. The first-order chi connectivity index (χ1) is 11.5. The second kappa shape index (κ2) is 7.33. The third kappa shape index (κ3) is 3.55. The molecule has 1 fully saturated rings. The number of piperidine rings is 1. The van der Waals surface area contributed by atoms with Gasteiger partial charge in [0, 0.05) is 19.3 Å². The summed E-state index contributed by atoms with van der Waals surface area (Å²) >= 11 is 1.30. The van der Waals surface area contributed by atoms with Gasteiger partial charge in [-0.2, -0.15) is 4.31 Å². The van der Waals surface area contributed by atoms with Crippen LogP contribution < -0.4 is 0 Å². The van der Waals surface area contributed by atoms with E-state index in [4.69, 9.17) is 0 Å². The molecule has 0 unspecified atom stereocenters. The van der Waals surface area contributed by atoms with Gasteiger partial charge in [-0.1, -0.05) is 18.6 Å². The van der Waals surface area contributed by atoms with Crippen molar-refractivity contribution in [3.05, 3.63) is 28.9 Å². The van der Waals surface area contributed by atoms with Crippen molar-refractivity contribution in [2.45, 2.75) is 56.2 Å². The van der Waals surface area contributed by atoms with E-state index >= 15 is 0 Å². The normalized spacial score (nSPS) is 17.4. The lowest BCUT2D eigenvalue weighted by molar-refractivity contribution is 0.258. The number of sulfonamides is 1. The molecule has 0 atom stereocenters. The number of thiophene rings is 1. The highest BCUT2D eigenvalue weighted by Crippen LogP contribution is 2.30. The summed E-state index contributed by atoms with van der Waals surface area (Å²) in [6, 6.07) is 2.10. The average molecular weight is 369 g/mol. The largest absolute Gasteiger partial charge is 0.252 e. The van der Waals surface area contributed by atoms with E-state index < -0.39 is 10.0 Å². The Balaban J connectivity index is 1.63. The van der Waals surface area contributed by atoms with Gasteiger partial charge in [-0.15, -0.1) is 16.4 Å². The van der Waals surface area contributed by atoms with Crippen LogP contribution in [0.15, 0.2) is 21.9 Å². The predicted molar refractivity (Wildman–Crippen MR) is 94.7 cm³/mol. The molecule has 8 heteroatoms. The van der Waals surface area contributed by atoms with Gasteiger partial charge in [0.25, 0.3) is 10.0 Å². The summed E-state index contributed by atoms with van der Waals surface area (Å²) < 4.78 is 29.5. The van der Waals surface area contributed by atoms with Crippen molar-refractivity contribution in [3.8, 4) is 0 Å². The highest BCUT2D eigenvalue weighted by molar-refractivity contribution is 7.91. The van der Waals surface area contributed by atoms with Crippen molar-refractivity contribution in [1.82, 2.24) is 19.3 Å². The van der Waals surface area contributed by atoms with Crippen LogP contribution in [0.5, 0.6) is 0 Å². The first-order valence-electron chi connectivity index (χ1n) is 8.47. The molecule has 24 heavy (non-hydrogen) atoms. The Morgan fingerprint density at radius 3 is 2.71 bits per heavy atom. The Hall–Kier alpha value is -1.25. The quantitative estimate of drug-likeness (QED) is 0.786. The third-order valence-corrected chi connectivity index (χ3v) is 8.10. The van der Waals surface area contributed by atoms with Gasteiger partial charge in [0.15, 0.2) is 0 Å². The van der Waals surface area contributed by atoms with Gasteiger partial charge in [0.2, 0.25) is 0 Å². The number of hydrogen-bond acceptors (Lipinski definition) is 5. The van der Waals surface area contributed by atoms with E-state index in [0.717, 1.165) is 43.4 Å². The monoisotopic (exact) mass is 368 g/mol. The first kappa shape index (κ1) is 17.6.